The average molecular weight is 333 g/mol. The van der Waals surface area contributed by atoms with Crippen molar-refractivity contribution in [3.8, 4) is 5.75 Å². The molecule has 0 radical (unpaired) electrons. The van der Waals surface area contributed by atoms with E-state index in [9.17, 15) is 9.59 Å². The lowest BCUT2D eigenvalue weighted by molar-refractivity contribution is -0.118. The fourth-order valence-electron chi connectivity index (χ4n) is 1.97. The van der Waals surface area contributed by atoms with E-state index in [1.807, 2.05) is 19.2 Å². The van der Waals surface area contributed by atoms with Gasteiger partial charge in [-0.2, -0.15) is 0 Å². The van der Waals surface area contributed by atoms with Crippen molar-refractivity contribution in [1.82, 2.24) is 10.3 Å². The van der Waals surface area contributed by atoms with Crippen molar-refractivity contribution >= 4 is 29.0 Å². The lowest BCUT2D eigenvalue weighted by Gasteiger charge is -2.21. The highest BCUT2D eigenvalue weighted by atomic mass is 32.1. The zero-order valence-electron chi connectivity index (χ0n) is 13.2. The van der Waals surface area contributed by atoms with Crippen LogP contribution < -0.4 is 15.4 Å². The first-order valence-electron chi connectivity index (χ1n) is 7.16. The summed E-state index contributed by atoms with van der Waals surface area (Å²) in [6.07, 6.45) is 1.54. The number of rotatable bonds is 6. The molecule has 0 bridgehead atoms. The smallest absolute Gasteiger partial charge is 0.262 e. The van der Waals surface area contributed by atoms with Crippen LogP contribution in [0.2, 0.25) is 0 Å². The highest BCUT2D eigenvalue weighted by Crippen LogP contribution is 2.15. The maximum atomic E-state index is 12.5. The standard InChI is InChI=1S/C16H19N3O3S/c1-10(2)14(19-15(20)12-5-4-8-23-12)16(21)18-13-9-11(22-3)6-7-17-13/h4-10,14H,1-3H3,(H,19,20)(H,17,18,21). The third-order valence-electron chi connectivity index (χ3n) is 3.20. The van der Waals surface area contributed by atoms with E-state index in [1.165, 1.54) is 11.3 Å². The highest BCUT2D eigenvalue weighted by Gasteiger charge is 2.25. The number of hydrogen-bond donors (Lipinski definition) is 2. The van der Waals surface area contributed by atoms with Crippen LogP contribution in [0, 0.1) is 5.92 Å². The monoisotopic (exact) mass is 333 g/mol. The molecule has 2 rings (SSSR count). The number of aromatic nitrogens is 1. The second kappa shape index (κ2) is 7.73. The number of hydrogen-bond acceptors (Lipinski definition) is 5. The van der Waals surface area contributed by atoms with E-state index in [4.69, 9.17) is 4.74 Å². The summed E-state index contributed by atoms with van der Waals surface area (Å²) in [6, 6.07) is 6.17. The maximum absolute atomic E-state index is 12.5. The van der Waals surface area contributed by atoms with Crippen LogP contribution in [0.15, 0.2) is 35.8 Å². The minimum Gasteiger partial charge on any atom is -0.497 e. The summed E-state index contributed by atoms with van der Waals surface area (Å²) < 4.78 is 5.10. The van der Waals surface area contributed by atoms with Crippen LogP contribution in [0.3, 0.4) is 0 Å². The van der Waals surface area contributed by atoms with Crippen LogP contribution in [0.1, 0.15) is 23.5 Å². The first-order chi connectivity index (χ1) is 11.0. The van der Waals surface area contributed by atoms with Crippen LogP contribution in [-0.4, -0.2) is 29.9 Å². The molecule has 1 unspecified atom stereocenters. The van der Waals surface area contributed by atoms with E-state index in [0.29, 0.717) is 16.4 Å². The molecule has 2 aromatic rings. The molecule has 0 aromatic carbocycles. The summed E-state index contributed by atoms with van der Waals surface area (Å²) in [4.78, 5) is 29.3. The van der Waals surface area contributed by atoms with E-state index < -0.39 is 6.04 Å². The zero-order valence-corrected chi connectivity index (χ0v) is 14.0. The van der Waals surface area contributed by atoms with Crippen molar-refractivity contribution in [1.29, 1.82) is 0 Å². The van der Waals surface area contributed by atoms with Gasteiger partial charge in [0.1, 0.15) is 17.6 Å². The first kappa shape index (κ1) is 17.0. The van der Waals surface area contributed by atoms with Crippen LogP contribution in [0.4, 0.5) is 5.82 Å². The van der Waals surface area contributed by atoms with E-state index in [0.717, 1.165) is 0 Å². The molecule has 7 heteroatoms. The molecule has 0 spiro atoms. The van der Waals surface area contributed by atoms with E-state index in [1.54, 1.807) is 37.6 Å². The molecule has 1 atom stereocenters. The lowest BCUT2D eigenvalue weighted by Crippen LogP contribution is -2.47. The Kier molecular flexibility index (Phi) is 5.70. The SMILES string of the molecule is COc1ccnc(NC(=O)C(NC(=O)c2cccs2)C(C)C)c1. The molecule has 2 aromatic heterocycles. The fraction of sp³-hybridized carbons (Fsp3) is 0.312. The number of amides is 2. The van der Waals surface area contributed by atoms with E-state index in [2.05, 4.69) is 15.6 Å². The Morgan fingerprint density at radius 2 is 2.09 bits per heavy atom. The predicted octanol–water partition coefficient (Wildman–Crippen LogP) is 2.54. The van der Waals surface area contributed by atoms with Gasteiger partial charge < -0.3 is 15.4 Å². The highest BCUT2D eigenvalue weighted by molar-refractivity contribution is 7.12. The van der Waals surface area contributed by atoms with Crippen LogP contribution >= 0.6 is 11.3 Å². The first-order valence-corrected chi connectivity index (χ1v) is 8.04. The minimum absolute atomic E-state index is 0.0653. The van der Waals surface area contributed by atoms with E-state index in [-0.39, 0.29) is 17.7 Å². The van der Waals surface area contributed by atoms with Crippen molar-refractivity contribution in [3.05, 3.63) is 40.7 Å². The van der Waals surface area contributed by atoms with Crippen molar-refractivity contribution in [3.63, 3.8) is 0 Å². The van der Waals surface area contributed by atoms with Gasteiger partial charge in [-0.3, -0.25) is 9.59 Å². The van der Waals surface area contributed by atoms with Gasteiger partial charge >= 0.3 is 0 Å². The Morgan fingerprint density at radius 1 is 1.30 bits per heavy atom. The molecular weight excluding hydrogens is 314 g/mol. The van der Waals surface area contributed by atoms with Gasteiger partial charge in [-0.25, -0.2) is 4.98 Å². The fourth-order valence-corrected chi connectivity index (χ4v) is 2.59. The predicted molar refractivity (Wildman–Crippen MR) is 89.8 cm³/mol. The Labute approximate surface area is 138 Å². The van der Waals surface area contributed by atoms with Gasteiger partial charge in [0, 0.05) is 12.3 Å². The van der Waals surface area contributed by atoms with Crippen molar-refractivity contribution < 1.29 is 14.3 Å². The Hall–Kier alpha value is -2.41. The molecule has 0 aliphatic carbocycles. The molecule has 0 saturated heterocycles. The zero-order chi connectivity index (χ0) is 16.8. The van der Waals surface area contributed by atoms with Crippen LogP contribution in [-0.2, 0) is 4.79 Å². The summed E-state index contributed by atoms with van der Waals surface area (Å²) in [5.74, 6) is 0.340. The summed E-state index contributed by atoms with van der Waals surface area (Å²) in [7, 11) is 1.54. The van der Waals surface area contributed by atoms with Crippen molar-refractivity contribution in [2.75, 3.05) is 12.4 Å². The number of methoxy groups -OCH3 is 1. The number of thiophene rings is 1. The van der Waals surface area contributed by atoms with Gasteiger partial charge in [-0.1, -0.05) is 19.9 Å². The molecule has 6 nitrogen and oxygen atoms in total. The third kappa shape index (κ3) is 4.53. The molecular formula is C16H19N3O3S. The van der Waals surface area contributed by atoms with Gasteiger partial charge in [0.25, 0.3) is 5.91 Å². The summed E-state index contributed by atoms with van der Waals surface area (Å²) in [6.45, 7) is 3.75. The van der Waals surface area contributed by atoms with Gasteiger partial charge in [0.2, 0.25) is 5.91 Å². The van der Waals surface area contributed by atoms with Gasteiger partial charge in [0.05, 0.1) is 12.0 Å². The van der Waals surface area contributed by atoms with Crippen LogP contribution in [0.25, 0.3) is 0 Å². The normalized spacial score (nSPS) is 11.8. The van der Waals surface area contributed by atoms with Crippen molar-refractivity contribution in [2.45, 2.75) is 19.9 Å². The maximum Gasteiger partial charge on any atom is 0.262 e. The molecule has 0 aliphatic rings. The number of nitrogens with one attached hydrogen (secondary N) is 2. The molecule has 23 heavy (non-hydrogen) atoms. The Bertz CT molecular complexity index is 671. The number of anilines is 1. The number of carbonyl (C=O) groups is 2. The molecule has 2 amide bonds. The number of carbonyl (C=O) groups excluding carboxylic acids is 2. The van der Waals surface area contributed by atoms with Gasteiger partial charge in [0.15, 0.2) is 0 Å². The largest absolute Gasteiger partial charge is 0.497 e. The van der Waals surface area contributed by atoms with Crippen LogP contribution in [0.5, 0.6) is 5.75 Å². The molecule has 2 N–H and O–H groups in total. The summed E-state index contributed by atoms with van der Waals surface area (Å²) >= 11 is 1.33. The molecule has 0 saturated carbocycles. The molecule has 122 valence electrons. The van der Waals surface area contributed by atoms with E-state index >= 15 is 0 Å². The summed E-state index contributed by atoms with van der Waals surface area (Å²) in [5.41, 5.74) is 0. The van der Waals surface area contributed by atoms with Crippen molar-refractivity contribution in [2.24, 2.45) is 5.92 Å². The number of nitrogens with zero attached hydrogens (tertiary/aromatic N) is 1. The number of ether oxygens (including phenoxy) is 1. The molecule has 0 aliphatic heterocycles. The quantitative estimate of drug-likeness (QED) is 0.851. The minimum atomic E-state index is -0.655. The third-order valence-corrected chi connectivity index (χ3v) is 4.07. The topological polar surface area (TPSA) is 80.3 Å². The van der Waals surface area contributed by atoms with Gasteiger partial charge in [-0.15, -0.1) is 11.3 Å². The molecule has 2 heterocycles. The Morgan fingerprint density at radius 3 is 2.70 bits per heavy atom. The number of pyridine rings is 1. The Balaban J connectivity index is 2.07. The molecule has 0 fully saturated rings. The van der Waals surface area contributed by atoms with Gasteiger partial charge in [-0.05, 0) is 23.4 Å². The average Bonchev–Trinajstić information content (AvgIpc) is 3.06. The second-order valence-electron chi connectivity index (χ2n) is 5.24. The summed E-state index contributed by atoms with van der Waals surface area (Å²) in [5, 5.41) is 7.29. The lowest BCUT2D eigenvalue weighted by atomic mass is 10.0. The second-order valence-corrected chi connectivity index (χ2v) is 6.19.